The second-order valence-electron chi connectivity index (χ2n) is 12.0. The average Bonchev–Trinajstić information content (AvgIpc) is 3.15. The number of fused-ring (bicyclic) bond motifs is 1. The van der Waals surface area contributed by atoms with Gasteiger partial charge in [-0.2, -0.15) is 4.98 Å². The number of hydrogen-bond acceptors (Lipinski definition) is 5. The number of hydrogen-bond donors (Lipinski definition) is 0. The van der Waals surface area contributed by atoms with Crippen LogP contribution in [0.3, 0.4) is 0 Å². The van der Waals surface area contributed by atoms with Crippen molar-refractivity contribution in [3.63, 3.8) is 0 Å². The zero-order valence-electron chi connectivity index (χ0n) is 21.5. The second-order valence-corrected chi connectivity index (χ2v) is 12.0. The first-order chi connectivity index (χ1) is 14.9. The van der Waals surface area contributed by atoms with Crippen LogP contribution >= 0.6 is 0 Å². The molecule has 2 fully saturated rings. The van der Waals surface area contributed by atoms with Crippen molar-refractivity contribution in [2.24, 2.45) is 5.41 Å². The molecule has 5 nitrogen and oxygen atoms in total. The third kappa shape index (κ3) is 4.73. The number of benzene rings is 1. The first-order valence-electron chi connectivity index (χ1n) is 12.4. The van der Waals surface area contributed by atoms with E-state index in [0.717, 1.165) is 48.8 Å². The van der Waals surface area contributed by atoms with Crippen molar-refractivity contribution in [2.75, 3.05) is 24.5 Å². The van der Waals surface area contributed by atoms with Crippen molar-refractivity contribution >= 4 is 16.9 Å². The van der Waals surface area contributed by atoms with Gasteiger partial charge < -0.3 is 9.64 Å². The number of piperidine rings is 1. The molecule has 176 valence electrons. The molecule has 0 bridgehead atoms. The minimum atomic E-state index is 0.108. The zero-order chi connectivity index (χ0) is 23.3. The van der Waals surface area contributed by atoms with Crippen LogP contribution in [-0.2, 0) is 0 Å². The Morgan fingerprint density at radius 2 is 1.56 bits per heavy atom. The molecule has 0 spiro atoms. The van der Waals surface area contributed by atoms with Gasteiger partial charge in [0, 0.05) is 37.6 Å². The molecule has 4 rings (SSSR count). The minimum absolute atomic E-state index is 0.108. The van der Waals surface area contributed by atoms with E-state index in [1.165, 1.54) is 30.4 Å². The summed E-state index contributed by atoms with van der Waals surface area (Å²) in [5.41, 5.74) is 3.82. The van der Waals surface area contributed by atoms with Crippen LogP contribution in [-0.4, -0.2) is 52.2 Å². The van der Waals surface area contributed by atoms with Crippen molar-refractivity contribution < 1.29 is 4.74 Å². The Bertz CT molecular complexity index is 944. The summed E-state index contributed by atoms with van der Waals surface area (Å²) in [5, 5.41) is 1.04. The van der Waals surface area contributed by atoms with Crippen LogP contribution in [0, 0.1) is 19.3 Å². The van der Waals surface area contributed by atoms with E-state index >= 15 is 0 Å². The van der Waals surface area contributed by atoms with E-state index < -0.39 is 0 Å². The molecule has 2 saturated heterocycles. The maximum atomic E-state index is 6.75. The Kier molecular flexibility index (Phi) is 6.17. The van der Waals surface area contributed by atoms with E-state index in [4.69, 9.17) is 14.7 Å². The zero-order valence-corrected chi connectivity index (χ0v) is 21.5. The largest absolute Gasteiger partial charge is 0.472 e. The molecule has 3 heterocycles. The lowest BCUT2D eigenvalue weighted by Gasteiger charge is -2.42. The van der Waals surface area contributed by atoms with Crippen LogP contribution in [0.4, 0.5) is 5.95 Å². The lowest BCUT2D eigenvalue weighted by Crippen LogP contribution is -2.49. The lowest BCUT2D eigenvalue weighted by molar-refractivity contribution is 0.0558. The van der Waals surface area contributed by atoms with E-state index in [-0.39, 0.29) is 17.1 Å². The van der Waals surface area contributed by atoms with Gasteiger partial charge in [-0.1, -0.05) is 20.8 Å². The highest BCUT2D eigenvalue weighted by Crippen LogP contribution is 2.39. The Morgan fingerprint density at radius 3 is 2.16 bits per heavy atom. The molecule has 2 unspecified atom stereocenters. The van der Waals surface area contributed by atoms with Crippen LogP contribution in [0.2, 0.25) is 0 Å². The number of aryl methyl sites for hydroxylation is 2. The molecular formula is C27H42N4O. The molecule has 2 aromatic rings. The van der Waals surface area contributed by atoms with Crippen molar-refractivity contribution in [3.05, 3.63) is 23.3 Å². The summed E-state index contributed by atoms with van der Waals surface area (Å²) >= 11 is 0. The van der Waals surface area contributed by atoms with Crippen molar-refractivity contribution in [2.45, 2.75) is 98.8 Å². The molecule has 5 heteroatoms. The van der Waals surface area contributed by atoms with E-state index in [0.29, 0.717) is 6.04 Å². The van der Waals surface area contributed by atoms with E-state index in [1.54, 1.807) is 0 Å². The van der Waals surface area contributed by atoms with Gasteiger partial charge in [-0.25, -0.2) is 4.98 Å². The number of ether oxygens (including phenoxy) is 1. The van der Waals surface area contributed by atoms with Crippen LogP contribution in [0.25, 0.3) is 10.9 Å². The molecule has 0 amide bonds. The summed E-state index contributed by atoms with van der Waals surface area (Å²) in [6.45, 7) is 21.3. The fraction of sp³-hybridized carbons (Fsp3) is 0.704. The minimum Gasteiger partial charge on any atom is -0.472 e. The molecule has 1 aromatic carbocycles. The third-order valence-corrected chi connectivity index (χ3v) is 7.31. The molecular weight excluding hydrogens is 396 g/mol. The van der Waals surface area contributed by atoms with Gasteiger partial charge in [0.15, 0.2) is 0 Å². The summed E-state index contributed by atoms with van der Waals surface area (Å²) in [7, 11) is 0. The molecule has 32 heavy (non-hydrogen) atoms. The molecule has 0 saturated carbocycles. The van der Waals surface area contributed by atoms with Crippen molar-refractivity contribution in [3.8, 4) is 5.88 Å². The molecule has 1 aromatic heterocycles. The molecule has 2 aliphatic rings. The SMILES string of the molecule is Cc1cc2nc(N3CCCCC3)nc(OC3CC(C(C)(C)C)N(C(C)(C)C)C3)c2cc1C. The van der Waals surface area contributed by atoms with Crippen molar-refractivity contribution in [1.29, 1.82) is 0 Å². The normalized spacial score (nSPS) is 23.2. The fourth-order valence-electron chi connectivity index (χ4n) is 5.28. The maximum absolute atomic E-state index is 6.75. The molecule has 2 atom stereocenters. The quantitative estimate of drug-likeness (QED) is 0.596. The van der Waals surface area contributed by atoms with Gasteiger partial charge in [0.2, 0.25) is 11.8 Å². The van der Waals surface area contributed by atoms with E-state index in [2.05, 4.69) is 77.3 Å². The van der Waals surface area contributed by atoms with Gasteiger partial charge in [-0.3, -0.25) is 4.90 Å². The Hall–Kier alpha value is -1.88. The molecule has 2 aliphatic heterocycles. The van der Waals surface area contributed by atoms with Crippen LogP contribution < -0.4 is 9.64 Å². The van der Waals surface area contributed by atoms with E-state index in [1.807, 2.05) is 0 Å². The van der Waals surface area contributed by atoms with Crippen LogP contribution in [0.15, 0.2) is 12.1 Å². The van der Waals surface area contributed by atoms with Crippen molar-refractivity contribution in [1.82, 2.24) is 14.9 Å². The number of nitrogens with zero attached hydrogens (tertiary/aromatic N) is 4. The highest BCUT2D eigenvalue weighted by molar-refractivity contribution is 5.86. The standard InChI is InChI=1S/C27H42N4O/c1-18-14-21-22(15-19(18)2)28-25(30-12-10-9-11-13-30)29-24(21)32-20-16-23(26(3,4)5)31(17-20)27(6,7)8/h14-15,20,23H,9-13,16-17H2,1-8H3. The van der Waals surface area contributed by atoms with Gasteiger partial charge in [-0.05, 0) is 82.6 Å². The van der Waals surface area contributed by atoms with Gasteiger partial charge in [-0.15, -0.1) is 0 Å². The highest BCUT2D eigenvalue weighted by atomic mass is 16.5. The Labute approximate surface area is 194 Å². The van der Waals surface area contributed by atoms with Crippen LogP contribution in [0.1, 0.15) is 78.4 Å². The molecule has 0 aliphatic carbocycles. The summed E-state index contributed by atoms with van der Waals surface area (Å²) in [6.07, 6.45) is 4.87. The number of aromatic nitrogens is 2. The first kappa shape index (κ1) is 23.3. The predicted octanol–water partition coefficient (Wildman–Crippen LogP) is 5.90. The highest BCUT2D eigenvalue weighted by Gasteiger charge is 2.44. The van der Waals surface area contributed by atoms with Gasteiger partial charge in [0.1, 0.15) is 6.10 Å². The second kappa shape index (κ2) is 8.48. The summed E-state index contributed by atoms with van der Waals surface area (Å²) < 4.78 is 6.75. The maximum Gasteiger partial charge on any atom is 0.229 e. The molecule has 0 radical (unpaired) electrons. The van der Waals surface area contributed by atoms with Gasteiger partial charge >= 0.3 is 0 Å². The fourth-order valence-corrected chi connectivity index (χ4v) is 5.28. The first-order valence-corrected chi connectivity index (χ1v) is 12.4. The van der Waals surface area contributed by atoms with E-state index in [9.17, 15) is 0 Å². The monoisotopic (exact) mass is 438 g/mol. The van der Waals surface area contributed by atoms with Gasteiger partial charge in [0.05, 0.1) is 10.9 Å². The summed E-state index contributed by atoms with van der Waals surface area (Å²) in [5.74, 6) is 1.58. The summed E-state index contributed by atoms with van der Waals surface area (Å²) in [6, 6.07) is 4.88. The van der Waals surface area contributed by atoms with Crippen LogP contribution in [0.5, 0.6) is 5.88 Å². The Balaban J connectivity index is 1.70. The number of rotatable bonds is 3. The third-order valence-electron chi connectivity index (χ3n) is 7.31. The predicted molar refractivity (Wildman–Crippen MR) is 134 cm³/mol. The Morgan fingerprint density at radius 1 is 0.906 bits per heavy atom. The molecule has 0 N–H and O–H groups in total. The smallest absolute Gasteiger partial charge is 0.229 e. The number of likely N-dealkylation sites (tertiary alicyclic amines) is 1. The average molecular weight is 439 g/mol. The lowest BCUT2D eigenvalue weighted by atomic mass is 9.83. The van der Waals surface area contributed by atoms with Gasteiger partial charge in [0.25, 0.3) is 0 Å². The summed E-state index contributed by atoms with van der Waals surface area (Å²) in [4.78, 5) is 14.9. The number of anilines is 1. The topological polar surface area (TPSA) is 41.5 Å².